The largest absolute Gasteiger partial charge is 0.481 e. The molecule has 0 radical (unpaired) electrons. The number of aromatic nitrogens is 1. The number of amides is 1. The maximum Gasteiger partial charge on any atom is 0.303 e. The highest BCUT2D eigenvalue weighted by Gasteiger charge is 2.13. The number of aliphatic carboxylic acids is 1. The molecule has 21 heavy (non-hydrogen) atoms. The summed E-state index contributed by atoms with van der Waals surface area (Å²) in [6.45, 7) is 1.78. The lowest BCUT2D eigenvalue weighted by Gasteiger charge is -2.11. The van der Waals surface area contributed by atoms with Crippen LogP contribution in [0.1, 0.15) is 25.5 Å². The number of carbonyl (C=O) groups is 2. The maximum absolute atomic E-state index is 11.8. The Morgan fingerprint density at radius 3 is 3.00 bits per heavy atom. The molecule has 2 heterocycles. The van der Waals surface area contributed by atoms with Crippen LogP contribution in [0, 0.1) is 0 Å². The molecule has 0 saturated carbocycles. The molecular formula is C14H16N2O4S. The second kappa shape index (κ2) is 7.03. The van der Waals surface area contributed by atoms with Gasteiger partial charge in [0, 0.05) is 12.5 Å². The van der Waals surface area contributed by atoms with Crippen LogP contribution in [0.3, 0.4) is 0 Å². The summed E-state index contributed by atoms with van der Waals surface area (Å²) < 4.78 is 5.34. The third-order valence-electron chi connectivity index (χ3n) is 2.82. The van der Waals surface area contributed by atoms with Gasteiger partial charge in [0.15, 0.2) is 0 Å². The van der Waals surface area contributed by atoms with Crippen LogP contribution in [0.5, 0.6) is 0 Å². The molecule has 2 rings (SSSR count). The maximum atomic E-state index is 11.8. The summed E-state index contributed by atoms with van der Waals surface area (Å²) in [5.74, 6) is -0.557. The Labute approximate surface area is 125 Å². The molecule has 112 valence electrons. The first kappa shape index (κ1) is 15.2. The lowest BCUT2D eigenvalue weighted by molar-refractivity contribution is -0.137. The van der Waals surface area contributed by atoms with Gasteiger partial charge in [0.25, 0.3) is 0 Å². The van der Waals surface area contributed by atoms with E-state index in [9.17, 15) is 9.59 Å². The Kier molecular flexibility index (Phi) is 5.10. The molecule has 6 nitrogen and oxygen atoms in total. The van der Waals surface area contributed by atoms with E-state index in [2.05, 4.69) is 10.3 Å². The molecule has 2 N–H and O–H groups in total. The van der Waals surface area contributed by atoms with E-state index in [0.29, 0.717) is 18.0 Å². The zero-order valence-corrected chi connectivity index (χ0v) is 12.4. The van der Waals surface area contributed by atoms with Gasteiger partial charge in [-0.1, -0.05) is 6.07 Å². The van der Waals surface area contributed by atoms with Gasteiger partial charge in [-0.2, -0.15) is 0 Å². The topological polar surface area (TPSA) is 92.4 Å². The highest BCUT2D eigenvalue weighted by Crippen LogP contribution is 2.23. The van der Waals surface area contributed by atoms with Crippen LogP contribution in [-0.4, -0.2) is 28.0 Å². The number of hydrogen-bond acceptors (Lipinski definition) is 5. The monoisotopic (exact) mass is 308 g/mol. The molecule has 1 unspecified atom stereocenters. The number of thiophene rings is 1. The molecule has 7 heteroatoms. The van der Waals surface area contributed by atoms with Crippen molar-refractivity contribution in [2.24, 2.45) is 0 Å². The number of oxazole rings is 1. The van der Waals surface area contributed by atoms with Crippen molar-refractivity contribution in [3.8, 4) is 10.8 Å². The van der Waals surface area contributed by atoms with E-state index in [-0.39, 0.29) is 24.8 Å². The molecule has 0 fully saturated rings. The van der Waals surface area contributed by atoms with Gasteiger partial charge in [0.1, 0.15) is 6.26 Å². The van der Waals surface area contributed by atoms with Crippen molar-refractivity contribution < 1.29 is 19.1 Å². The number of carboxylic acids is 1. The zero-order valence-electron chi connectivity index (χ0n) is 11.5. The summed E-state index contributed by atoms with van der Waals surface area (Å²) in [7, 11) is 0. The number of nitrogens with zero attached hydrogens (tertiary/aromatic N) is 1. The normalized spacial score (nSPS) is 12.0. The minimum atomic E-state index is -0.867. The van der Waals surface area contributed by atoms with E-state index in [4.69, 9.17) is 9.52 Å². The predicted octanol–water partition coefficient (Wildman–Crippen LogP) is 2.32. The molecule has 0 spiro atoms. The number of nitrogens with one attached hydrogen (secondary N) is 1. The van der Waals surface area contributed by atoms with Gasteiger partial charge in [-0.05, 0) is 24.8 Å². The average molecular weight is 308 g/mol. The van der Waals surface area contributed by atoms with Crippen LogP contribution in [0.25, 0.3) is 10.8 Å². The van der Waals surface area contributed by atoms with E-state index in [0.717, 1.165) is 4.88 Å². The molecule has 0 bridgehead atoms. The van der Waals surface area contributed by atoms with Crippen LogP contribution >= 0.6 is 11.3 Å². The summed E-state index contributed by atoms with van der Waals surface area (Å²) in [6, 6.07) is 3.62. The Bertz CT molecular complexity index is 606. The van der Waals surface area contributed by atoms with Crippen molar-refractivity contribution in [1.82, 2.24) is 10.3 Å². The van der Waals surface area contributed by atoms with Crippen LogP contribution < -0.4 is 5.32 Å². The molecule has 1 atom stereocenters. The van der Waals surface area contributed by atoms with Gasteiger partial charge in [-0.15, -0.1) is 11.3 Å². The minimum Gasteiger partial charge on any atom is -0.481 e. The molecule has 1 amide bonds. The fourth-order valence-electron chi connectivity index (χ4n) is 1.80. The standard InChI is InChI=1S/C14H16N2O4S/c1-9(4-5-13(18)19)15-12(17)7-10-8-20-14(16-10)11-3-2-6-21-11/h2-3,6,8-9H,4-5,7H2,1H3,(H,15,17)(H,18,19). The summed E-state index contributed by atoms with van der Waals surface area (Å²) >= 11 is 1.52. The number of carbonyl (C=O) groups excluding carboxylic acids is 1. The van der Waals surface area contributed by atoms with Gasteiger partial charge < -0.3 is 14.8 Å². The molecule has 0 aliphatic heterocycles. The molecule has 0 saturated heterocycles. The van der Waals surface area contributed by atoms with Crippen molar-refractivity contribution in [3.05, 3.63) is 29.5 Å². The fourth-order valence-corrected chi connectivity index (χ4v) is 2.46. The Hall–Kier alpha value is -2.15. The van der Waals surface area contributed by atoms with Crippen LogP contribution in [-0.2, 0) is 16.0 Å². The zero-order chi connectivity index (χ0) is 15.2. The molecule has 2 aromatic rings. The van der Waals surface area contributed by atoms with Gasteiger partial charge in [-0.25, -0.2) is 4.98 Å². The molecule has 0 aromatic carbocycles. The molecule has 0 aliphatic carbocycles. The second-order valence-corrected chi connectivity index (χ2v) is 5.65. The van der Waals surface area contributed by atoms with E-state index < -0.39 is 5.97 Å². The highest BCUT2D eigenvalue weighted by atomic mass is 32.1. The number of carboxylic acid groups (broad SMARTS) is 1. The number of hydrogen-bond donors (Lipinski definition) is 2. The summed E-state index contributed by atoms with van der Waals surface area (Å²) in [5, 5.41) is 13.3. The number of rotatable bonds is 7. The minimum absolute atomic E-state index is 0.0356. The molecule has 2 aromatic heterocycles. The third kappa shape index (κ3) is 4.71. The Morgan fingerprint density at radius 1 is 1.52 bits per heavy atom. The van der Waals surface area contributed by atoms with Gasteiger partial charge in [-0.3, -0.25) is 9.59 Å². The van der Waals surface area contributed by atoms with Crippen LogP contribution in [0.4, 0.5) is 0 Å². The summed E-state index contributed by atoms with van der Waals surface area (Å²) in [6.07, 6.45) is 2.02. The molecule has 0 aliphatic rings. The van der Waals surface area contributed by atoms with Crippen molar-refractivity contribution in [1.29, 1.82) is 0 Å². The van der Waals surface area contributed by atoms with Gasteiger partial charge in [0.05, 0.1) is 17.0 Å². The van der Waals surface area contributed by atoms with Crippen molar-refractivity contribution in [2.45, 2.75) is 32.2 Å². The van der Waals surface area contributed by atoms with E-state index in [1.54, 1.807) is 6.92 Å². The Balaban J connectivity index is 1.84. The third-order valence-corrected chi connectivity index (χ3v) is 3.68. The van der Waals surface area contributed by atoms with Crippen molar-refractivity contribution in [2.75, 3.05) is 0 Å². The molecular weight excluding hydrogens is 292 g/mol. The second-order valence-electron chi connectivity index (χ2n) is 4.70. The van der Waals surface area contributed by atoms with E-state index in [1.807, 2.05) is 17.5 Å². The fraction of sp³-hybridized carbons (Fsp3) is 0.357. The highest BCUT2D eigenvalue weighted by molar-refractivity contribution is 7.13. The SMILES string of the molecule is CC(CCC(=O)O)NC(=O)Cc1coc(-c2cccs2)n1. The quantitative estimate of drug-likeness (QED) is 0.819. The van der Waals surface area contributed by atoms with Crippen LogP contribution in [0.2, 0.25) is 0 Å². The Morgan fingerprint density at radius 2 is 2.33 bits per heavy atom. The predicted molar refractivity (Wildman–Crippen MR) is 78.0 cm³/mol. The first-order valence-electron chi connectivity index (χ1n) is 6.54. The van der Waals surface area contributed by atoms with Crippen molar-refractivity contribution in [3.63, 3.8) is 0 Å². The first-order valence-corrected chi connectivity index (χ1v) is 7.42. The summed E-state index contributed by atoms with van der Waals surface area (Å²) in [5.41, 5.74) is 0.557. The van der Waals surface area contributed by atoms with Gasteiger partial charge >= 0.3 is 5.97 Å². The first-order chi connectivity index (χ1) is 10.0. The van der Waals surface area contributed by atoms with E-state index in [1.165, 1.54) is 17.6 Å². The summed E-state index contributed by atoms with van der Waals surface area (Å²) in [4.78, 5) is 27.5. The lowest BCUT2D eigenvalue weighted by atomic mass is 10.2. The van der Waals surface area contributed by atoms with E-state index >= 15 is 0 Å². The van der Waals surface area contributed by atoms with Gasteiger partial charge in [0.2, 0.25) is 11.8 Å². The average Bonchev–Trinajstić information content (AvgIpc) is 3.06. The van der Waals surface area contributed by atoms with Crippen molar-refractivity contribution >= 4 is 23.2 Å². The smallest absolute Gasteiger partial charge is 0.303 e. The lowest BCUT2D eigenvalue weighted by Crippen LogP contribution is -2.34. The van der Waals surface area contributed by atoms with Crippen LogP contribution in [0.15, 0.2) is 28.2 Å².